The Balaban J connectivity index is 2.14. The van der Waals surface area contributed by atoms with Crippen molar-refractivity contribution in [3.05, 3.63) is 29.0 Å². The van der Waals surface area contributed by atoms with Crippen molar-refractivity contribution in [3.8, 4) is 0 Å². The Labute approximate surface area is 82.6 Å². The van der Waals surface area contributed by atoms with E-state index in [1.165, 1.54) is 6.42 Å². The van der Waals surface area contributed by atoms with Gasteiger partial charge in [0.1, 0.15) is 5.15 Å². The molecule has 2 rings (SSSR count). The number of hydrogen-bond acceptors (Lipinski definition) is 2. The summed E-state index contributed by atoms with van der Waals surface area (Å²) in [6, 6.07) is 3.57. The Kier molecular flexibility index (Phi) is 2.51. The van der Waals surface area contributed by atoms with Gasteiger partial charge >= 0.3 is 0 Å². The fourth-order valence-electron chi connectivity index (χ4n) is 1.63. The van der Waals surface area contributed by atoms with Gasteiger partial charge in [-0.2, -0.15) is 0 Å². The van der Waals surface area contributed by atoms with E-state index in [-0.39, 0.29) is 6.10 Å². The molecule has 1 unspecified atom stereocenters. The predicted molar refractivity (Wildman–Crippen MR) is 51.5 cm³/mol. The highest BCUT2D eigenvalue weighted by Gasteiger charge is 2.26. The van der Waals surface area contributed by atoms with E-state index >= 15 is 0 Å². The van der Waals surface area contributed by atoms with Crippen LogP contribution >= 0.6 is 11.6 Å². The molecule has 1 aliphatic carbocycles. The number of hydrogen-bond donors (Lipinski definition) is 1. The largest absolute Gasteiger partial charge is 0.388 e. The van der Waals surface area contributed by atoms with Crippen molar-refractivity contribution in [3.63, 3.8) is 0 Å². The molecule has 2 nitrogen and oxygen atoms in total. The quantitative estimate of drug-likeness (QED) is 0.740. The molecule has 1 heterocycles. The molecular weight excluding hydrogens is 186 g/mol. The second-order valence-electron chi connectivity index (χ2n) is 3.55. The molecule has 1 aromatic heterocycles. The zero-order valence-corrected chi connectivity index (χ0v) is 8.04. The Morgan fingerprint density at radius 1 is 1.54 bits per heavy atom. The molecular formula is C10H12ClNO. The van der Waals surface area contributed by atoms with E-state index in [1.54, 1.807) is 12.3 Å². The molecule has 1 atom stereocenters. The third-order valence-electron chi connectivity index (χ3n) is 2.69. The van der Waals surface area contributed by atoms with Crippen LogP contribution in [0.4, 0.5) is 0 Å². The number of halogens is 1. The van der Waals surface area contributed by atoms with Crippen molar-refractivity contribution in [1.29, 1.82) is 0 Å². The van der Waals surface area contributed by atoms with E-state index in [4.69, 9.17) is 11.6 Å². The standard InChI is InChI=1S/C10H12ClNO/c11-9-6-8(4-5-12-9)10(13)7-2-1-3-7/h4-7,10,13H,1-3H2. The number of aliphatic hydroxyl groups excluding tert-OH is 1. The average Bonchev–Trinajstić information content (AvgIpc) is 2.01. The van der Waals surface area contributed by atoms with Gasteiger partial charge < -0.3 is 5.11 Å². The Hall–Kier alpha value is -0.600. The normalized spacial score (nSPS) is 19.5. The van der Waals surface area contributed by atoms with Crippen molar-refractivity contribution in [2.24, 2.45) is 5.92 Å². The first-order chi connectivity index (χ1) is 6.27. The Bertz CT molecular complexity index is 299. The molecule has 1 aliphatic rings. The van der Waals surface area contributed by atoms with E-state index in [0.717, 1.165) is 18.4 Å². The molecule has 1 saturated carbocycles. The van der Waals surface area contributed by atoms with Crippen LogP contribution in [0.1, 0.15) is 30.9 Å². The molecule has 0 amide bonds. The molecule has 0 radical (unpaired) electrons. The summed E-state index contributed by atoms with van der Waals surface area (Å²) in [6.07, 6.45) is 4.77. The monoisotopic (exact) mass is 197 g/mol. The van der Waals surface area contributed by atoms with Crippen LogP contribution in [0.2, 0.25) is 5.15 Å². The lowest BCUT2D eigenvalue weighted by Gasteiger charge is -2.30. The lowest BCUT2D eigenvalue weighted by atomic mass is 9.79. The maximum absolute atomic E-state index is 9.88. The van der Waals surface area contributed by atoms with E-state index < -0.39 is 0 Å². The van der Waals surface area contributed by atoms with Crippen LogP contribution in [0.3, 0.4) is 0 Å². The minimum Gasteiger partial charge on any atom is -0.388 e. The van der Waals surface area contributed by atoms with Crippen molar-refractivity contribution < 1.29 is 5.11 Å². The van der Waals surface area contributed by atoms with E-state index in [9.17, 15) is 5.11 Å². The lowest BCUT2D eigenvalue weighted by Crippen LogP contribution is -2.19. The maximum atomic E-state index is 9.88. The molecule has 0 aliphatic heterocycles. The van der Waals surface area contributed by atoms with Gasteiger partial charge in [0.25, 0.3) is 0 Å². The minimum absolute atomic E-state index is 0.353. The molecule has 0 saturated heterocycles. The predicted octanol–water partition coefficient (Wildman–Crippen LogP) is 2.57. The van der Waals surface area contributed by atoms with Crippen LogP contribution in [0, 0.1) is 5.92 Å². The summed E-state index contributed by atoms with van der Waals surface area (Å²) in [5.41, 5.74) is 0.893. The second-order valence-corrected chi connectivity index (χ2v) is 3.93. The number of pyridine rings is 1. The van der Waals surface area contributed by atoms with Crippen molar-refractivity contribution >= 4 is 11.6 Å². The summed E-state index contributed by atoms with van der Waals surface area (Å²) >= 11 is 5.73. The number of nitrogens with zero attached hydrogens (tertiary/aromatic N) is 1. The molecule has 0 aromatic carbocycles. The maximum Gasteiger partial charge on any atom is 0.129 e. The molecule has 13 heavy (non-hydrogen) atoms. The van der Waals surface area contributed by atoms with E-state index in [1.807, 2.05) is 6.07 Å². The third-order valence-corrected chi connectivity index (χ3v) is 2.90. The first-order valence-electron chi connectivity index (χ1n) is 4.57. The van der Waals surface area contributed by atoms with Gasteiger partial charge in [0.05, 0.1) is 6.10 Å². The van der Waals surface area contributed by atoms with Crippen LogP contribution in [-0.2, 0) is 0 Å². The fraction of sp³-hybridized carbons (Fsp3) is 0.500. The minimum atomic E-state index is -0.353. The average molecular weight is 198 g/mol. The summed E-state index contributed by atoms with van der Waals surface area (Å²) in [4.78, 5) is 3.88. The second kappa shape index (κ2) is 3.64. The SMILES string of the molecule is OC(c1ccnc(Cl)c1)C1CCC1. The smallest absolute Gasteiger partial charge is 0.129 e. The fourth-order valence-corrected chi connectivity index (χ4v) is 1.81. The van der Waals surface area contributed by atoms with Gasteiger partial charge in [-0.1, -0.05) is 18.0 Å². The highest BCUT2D eigenvalue weighted by Crippen LogP contribution is 2.37. The van der Waals surface area contributed by atoms with Crippen LogP contribution in [0.25, 0.3) is 0 Å². The summed E-state index contributed by atoms with van der Waals surface area (Å²) in [6.45, 7) is 0. The molecule has 1 fully saturated rings. The number of aliphatic hydroxyl groups is 1. The van der Waals surface area contributed by atoms with Crippen LogP contribution in [0.15, 0.2) is 18.3 Å². The number of aromatic nitrogens is 1. The van der Waals surface area contributed by atoms with Crippen LogP contribution in [-0.4, -0.2) is 10.1 Å². The highest BCUT2D eigenvalue weighted by molar-refractivity contribution is 6.29. The zero-order valence-electron chi connectivity index (χ0n) is 7.28. The van der Waals surface area contributed by atoms with Crippen LogP contribution < -0.4 is 0 Å². The van der Waals surface area contributed by atoms with Gasteiger partial charge in [-0.3, -0.25) is 0 Å². The topological polar surface area (TPSA) is 33.1 Å². The van der Waals surface area contributed by atoms with Crippen molar-refractivity contribution in [2.75, 3.05) is 0 Å². The zero-order chi connectivity index (χ0) is 9.26. The van der Waals surface area contributed by atoms with Gasteiger partial charge in [0.2, 0.25) is 0 Å². The Morgan fingerprint density at radius 3 is 2.85 bits per heavy atom. The van der Waals surface area contributed by atoms with E-state index in [2.05, 4.69) is 4.98 Å². The summed E-state index contributed by atoms with van der Waals surface area (Å²) in [5.74, 6) is 0.429. The van der Waals surface area contributed by atoms with Gasteiger partial charge in [0.15, 0.2) is 0 Å². The first-order valence-corrected chi connectivity index (χ1v) is 4.94. The van der Waals surface area contributed by atoms with Crippen LogP contribution in [0.5, 0.6) is 0 Å². The summed E-state index contributed by atoms with van der Waals surface area (Å²) in [7, 11) is 0. The Morgan fingerprint density at radius 2 is 2.31 bits per heavy atom. The van der Waals surface area contributed by atoms with Gasteiger partial charge in [-0.25, -0.2) is 4.98 Å². The van der Waals surface area contributed by atoms with Gasteiger partial charge in [-0.05, 0) is 36.5 Å². The molecule has 70 valence electrons. The molecule has 3 heteroatoms. The van der Waals surface area contributed by atoms with Gasteiger partial charge in [0, 0.05) is 6.20 Å². The number of rotatable bonds is 2. The van der Waals surface area contributed by atoms with E-state index in [0.29, 0.717) is 11.1 Å². The summed E-state index contributed by atoms with van der Waals surface area (Å²) < 4.78 is 0. The molecule has 0 spiro atoms. The van der Waals surface area contributed by atoms with Crippen molar-refractivity contribution in [1.82, 2.24) is 4.98 Å². The molecule has 0 bridgehead atoms. The highest BCUT2D eigenvalue weighted by atomic mass is 35.5. The lowest BCUT2D eigenvalue weighted by molar-refractivity contribution is 0.0620. The first kappa shape index (κ1) is 8.97. The third kappa shape index (κ3) is 1.84. The van der Waals surface area contributed by atoms with Crippen molar-refractivity contribution in [2.45, 2.75) is 25.4 Å². The molecule has 1 N–H and O–H groups in total. The summed E-state index contributed by atoms with van der Waals surface area (Å²) in [5, 5.41) is 10.3. The van der Waals surface area contributed by atoms with Gasteiger partial charge in [-0.15, -0.1) is 0 Å². The molecule has 1 aromatic rings.